The van der Waals surface area contributed by atoms with E-state index in [1.54, 1.807) is 6.07 Å². The minimum Gasteiger partial charge on any atom is -0.369 e. The number of halogens is 1. The zero-order valence-corrected chi connectivity index (χ0v) is 12.2. The molecule has 0 radical (unpaired) electrons. The Labute approximate surface area is 115 Å². The van der Waals surface area contributed by atoms with E-state index < -0.39 is 0 Å². The van der Waals surface area contributed by atoms with Crippen LogP contribution in [-0.4, -0.2) is 13.1 Å². The topological polar surface area (TPSA) is 29.3 Å². The zero-order chi connectivity index (χ0) is 14.0. The van der Waals surface area contributed by atoms with Crippen molar-refractivity contribution in [2.45, 2.75) is 46.1 Å². The number of nitrogens with two attached hydrogens (primary N) is 1. The number of rotatable bonds is 3. The van der Waals surface area contributed by atoms with Gasteiger partial charge in [-0.25, -0.2) is 4.39 Å². The van der Waals surface area contributed by atoms with Crippen molar-refractivity contribution >= 4 is 5.69 Å². The van der Waals surface area contributed by atoms with Crippen molar-refractivity contribution in [1.29, 1.82) is 0 Å². The first-order valence-corrected chi connectivity index (χ1v) is 7.25. The van der Waals surface area contributed by atoms with Gasteiger partial charge in [0, 0.05) is 19.1 Å². The fourth-order valence-electron chi connectivity index (χ4n) is 2.70. The molecule has 0 bridgehead atoms. The molecule has 0 aliphatic carbocycles. The molecule has 1 unspecified atom stereocenters. The quantitative estimate of drug-likeness (QED) is 0.898. The van der Waals surface area contributed by atoms with E-state index in [1.165, 1.54) is 6.42 Å². The van der Waals surface area contributed by atoms with Crippen molar-refractivity contribution < 1.29 is 4.39 Å². The Morgan fingerprint density at radius 1 is 1.37 bits per heavy atom. The van der Waals surface area contributed by atoms with Gasteiger partial charge in [0.1, 0.15) is 5.82 Å². The van der Waals surface area contributed by atoms with Gasteiger partial charge in [-0.15, -0.1) is 0 Å². The normalized spacial score (nSPS) is 20.4. The van der Waals surface area contributed by atoms with E-state index in [1.807, 2.05) is 19.1 Å². The maximum atomic E-state index is 14.2. The van der Waals surface area contributed by atoms with Crippen LogP contribution < -0.4 is 10.6 Å². The second kappa shape index (κ2) is 5.49. The van der Waals surface area contributed by atoms with Gasteiger partial charge in [-0.1, -0.05) is 26.3 Å². The highest BCUT2D eigenvalue weighted by molar-refractivity contribution is 5.50. The highest BCUT2D eigenvalue weighted by Crippen LogP contribution is 2.36. The second-order valence-electron chi connectivity index (χ2n) is 6.15. The third kappa shape index (κ3) is 3.08. The molecule has 1 saturated heterocycles. The maximum Gasteiger partial charge on any atom is 0.146 e. The lowest BCUT2D eigenvalue weighted by atomic mass is 9.78. The predicted octanol–water partition coefficient (Wildman–Crippen LogP) is 3.86. The van der Waals surface area contributed by atoms with Gasteiger partial charge >= 0.3 is 0 Å². The van der Waals surface area contributed by atoms with E-state index in [9.17, 15) is 4.39 Å². The van der Waals surface area contributed by atoms with Crippen molar-refractivity contribution in [3.63, 3.8) is 0 Å². The van der Waals surface area contributed by atoms with E-state index >= 15 is 0 Å². The Balaban J connectivity index is 2.12. The molecule has 1 aliphatic heterocycles. The summed E-state index contributed by atoms with van der Waals surface area (Å²) in [5.41, 5.74) is 7.80. The predicted molar refractivity (Wildman–Crippen MR) is 78.8 cm³/mol. The molecule has 1 aromatic rings. The molecule has 1 heterocycles. The molecule has 1 aliphatic rings. The van der Waals surface area contributed by atoms with Crippen LogP contribution in [0.2, 0.25) is 0 Å². The largest absolute Gasteiger partial charge is 0.369 e. The lowest BCUT2D eigenvalue weighted by Gasteiger charge is -2.40. The Hall–Kier alpha value is -1.09. The minimum atomic E-state index is -0.144. The molecule has 2 N–H and O–H groups in total. The SMILES string of the molecule is CCC1(C)CCN(c2ccc(C(C)N)cc2F)CC1. The van der Waals surface area contributed by atoms with Gasteiger partial charge in [-0.05, 0) is 42.9 Å². The molecule has 1 atom stereocenters. The average Bonchev–Trinajstić information content (AvgIpc) is 2.40. The van der Waals surface area contributed by atoms with Gasteiger partial charge in [0.05, 0.1) is 5.69 Å². The fourth-order valence-corrected chi connectivity index (χ4v) is 2.70. The van der Waals surface area contributed by atoms with Crippen LogP contribution in [0.1, 0.15) is 51.6 Å². The van der Waals surface area contributed by atoms with Crippen LogP contribution in [0, 0.1) is 11.2 Å². The third-order valence-electron chi connectivity index (χ3n) is 4.66. The zero-order valence-electron chi connectivity index (χ0n) is 12.2. The van der Waals surface area contributed by atoms with Crippen LogP contribution in [0.3, 0.4) is 0 Å². The van der Waals surface area contributed by atoms with Gasteiger partial charge in [-0.2, -0.15) is 0 Å². The minimum absolute atomic E-state index is 0.117. The molecule has 19 heavy (non-hydrogen) atoms. The molecule has 0 aromatic heterocycles. The summed E-state index contributed by atoms with van der Waals surface area (Å²) in [6, 6.07) is 5.28. The Kier molecular flexibility index (Phi) is 4.14. The van der Waals surface area contributed by atoms with E-state index in [0.29, 0.717) is 5.41 Å². The standard InChI is InChI=1S/C16H25FN2/c1-4-16(3)7-9-19(10-8-16)15-6-5-13(12(2)18)11-14(15)17/h5-6,11-12H,4,7-10,18H2,1-3H3. The number of hydrogen-bond donors (Lipinski definition) is 1. The first kappa shape index (κ1) is 14.3. The van der Waals surface area contributed by atoms with Crippen LogP contribution >= 0.6 is 0 Å². The summed E-state index contributed by atoms with van der Waals surface area (Å²) in [4.78, 5) is 2.16. The van der Waals surface area contributed by atoms with Gasteiger partial charge in [0.2, 0.25) is 0 Å². The molecular formula is C16H25FN2. The third-order valence-corrected chi connectivity index (χ3v) is 4.66. The van der Waals surface area contributed by atoms with Gasteiger partial charge in [-0.3, -0.25) is 0 Å². The van der Waals surface area contributed by atoms with Gasteiger partial charge in [0.25, 0.3) is 0 Å². The van der Waals surface area contributed by atoms with Gasteiger partial charge in [0.15, 0.2) is 0 Å². The van der Waals surface area contributed by atoms with Crippen molar-refractivity contribution in [1.82, 2.24) is 0 Å². The van der Waals surface area contributed by atoms with E-state index in [4.69, 9.17) is 5.73 Å². The van der Waals surface area contributed by atoms with Crippen LogP contribution in [0.25, 0.3) is 0 Å². The smallest absolute Gasteiger partial charge is 0.146 e. The number of benzene rings is 1. The number of piperidine rings is 1. The first-order valence-electron chi connectivity index (χ1n) is 7.25. The lowest BCUT2D eigenvalue weighted by molar-refractivity contribution is 0.237. The van der Waals surface area contributed by atoms with Crippen LogP contribution in [0.5, 0.6) is 0 Å². The molecule has 2 rings (SSSR count). The molecule has 0 amide bonds. The molecule has 0 spiro atoms. The fraction of sp³-hybridized carbons (Fsp3) is 0.625. The second-order valence-corrected chi connectivity index (χ2v) is 6.15. The molecule has 1 fully saturated rings. The Morgan fingerprint density at radius 2 is 2.00 bits per heavy atom. The monoisotopic (exact) mass is 264 g/mol. The van der Waals surface area contributed by atoms with Crippen molar-refractivity contribution in [3.8, 4) is 0 Å². The van der Waals surface area contributed by atoms with Crippen LogP contribution in [0.15, 0.2) is 18.2 Å². The summed E-state index contributed by atoms with van der Waals surface area (Å²) in [6.07, 6.45) is 3.48. The Morgan fingerprint density at radius 3 is 2.47 bits per heavy atom. The number of nitrogens with zero attached hydrogens (tertiary/aromatic N) is 1. The molecule has 0 saturated carbocycles. The average molecular weight is 264 g/mol. The molecule has 106 valence electrons. The maximum absolute atomic E-state index is 14.2. The van der Waals surface area contributed by atoms with E-state index in [0.717, 1.165) is 37.2 Å². The molecular weight excluding hydrogens is 239 g/mol. The molecule has 1 aromatic carbocycles. The number of anilines is 1. The van der Waals surface area contributed by atoms with Crippen LogP contribution in [0.4, 0.5) is 10.1 Å². The summed E-state index contributed by atoms with van der Waals surface area (Å²) >= 11 is 0. The van der Waals surface area contributed by atoms with Crippen LogP contribution in [-0.2, 0) is 0 Å². The molecule has 3 heteroatoms. The van der Waals surface area contributed by atoms with Crippen molar-refractivity contribution in [2.24, 2.45) is 11.1 Å². The Bertz CT molecular complexity index is 434. The van der Waals surface area contributed by atoms with Crippen molar-refractivity contribution in [3.05, 3.63) is 29.6 Å². The summed E-state index contributed by atoms with van der Waals surface area (Å²) < 4.78 is 14.2. The van der Waals surface area contributed by atoms with Gasteiger partial charge < -0.3 is 10.6 Å². The highest BCUT2D eigenvalue weighted by Gasteiger charge is 2.29. The number of hydrogen-bond acceptors (Lipinski definition) is 2. The summed E-state index contributed by atoms with van der Waals surface area (Å²) in [5.74, 6) is -0.144. The highest BCUT2D eigenvalue weighted by atomic mass is 19.1. The summed E-state index contributed by atoms with van der Waals surface area (Å²) in [6.45, 7) is 8.34. The first-order chi connectivity index (χ1) is 8.95. The van der Waals surface area contributed by atoms with E-state index in [2.05, 4.69) is 18.7 Å². The van der Waals surface area contributed by atoms with Crippen molar-refractivity contribution in [2.75, 3.05) is 18.0 Å². The van der Waals surface area contributed by atoms with E-state index in [-0.39, 0.29) is 11.9 Å². The summed E-state index contributed by atoms with van der Waals surface area (Å²) in [7, 11) is 0. The lowest BCUT2D eigenvalue weighted by Crippen LogP contribution is -2.38. The molecule has 2 nitrogen and oxygen atoms in total. The summed E-state index contributed by atoms with van der Waals surface area (Å²) in [5, 5.41) is 0.